The Kier molecular flexibility index (Phi) is 14.0. The first kappa shape index (κ1) is 46.3. The van der Waals surface area contributed by atoms with E-state index in [0.29, 0.717) is 82.9 Å². The highest BCUT2D eigenvalue weighted by Crippen LogP contribution is 2.70. The number of aliphatic hydroxyl groups excluding tert-OH is 4. The largest absolute Gasteiger partial charge is 0.481 e. The third-order valence-electron chi connectivity index (χ3n) is 20.7. The van der Waals surface area contributed by atoms with Crippen LogP contribution in [0, 0.1) is 92.7 Å². The van der Waals surface area contributed by atoms with Crippen LogP contribution in [0.1, 0.15) is 177 Å². The van der Waals surface area contributed by atoms with E-state index >= 15 is 0 Å². The maximum atomic E-state index is 11.6. The summed E-state index contributed by atoms with van der Waals surface area (Å²) in [4.78, 5) is 22.7. The van der Waals surface area contributed by atoms with Crippen LogP contribution in [0.2, 0.25) is 0 Å². The van der Waals surface area contributed by atoms with Gasteiger partial charge in [0.1, 0.15) is 0 Å². The predicted molar refractivity (Wildman–Crippen MR) is 228 cm³/mol. The monoisotopic (exact) mass is 815 g/mol. The van der Waals surface area contributed by atoms with Crippen LogP contribution in [0.4, 0.5) is 0 Å². The third-order valence-corrected chi connectivity index (χ3v) is 20.7. The first-order valence-corrected chi connectivity index (χ1v) is 23.9. The van der Waals surface area contributed by atoms with E-state index in [4.69, 9.17) is 9.84 Å². The van der Waals surface area contributed by atoms with Gasteiger partial charge in [-0.3, -0.25) is 9.59 Å². The maximum Gasteiger partial charge on any atom is 0.305 e. The van der Waals surface area contributed by atoms with Gasteiger partial charge in [0.25, 0.3) is 0 Å². The van der Waals surface area contributed by atoms with Crippen molar-refractivity contribution in [3.05, 3.63) is 0 Å². The van der Waals surface area contributed by atoms with E-state index in [2.05, 4.69) is 41.5 Å². The van der Waals surface area contributed by atoms with Crippen LogP contribution in [0.5, 0.6) is 0 Å². The van der Waals surface area contributed by atoms with Crippen LogP contribution in [-0.4, -0.2) is 69.0 Å². The van der Waals surface area contributed by atoms with Crippen molar-refractivity contribution in [3.63, 3.8) is 0 Å². The maximum absolute atomic E-state index is 11.6. The molecule has 8 nitrogen and oxygen atoms in total. The lowest BCUT2D eigenvalue weighted by molar-refractivity contribution is -0.174. The minimum Gasteiger partial charge on any atom is -0.481 e. The topological polar surface area (TPSA) is 145 Å². The Morgan fingerprint density at radius 3 is 1.34 bits per heavy atom. The molecule has 0 radical (unpaired) electrons. The molecular formula is C50H86O8. The lowest BCUT2D eigenvalue weighted by Gasteiger charge is -2.62. The fourth-order valence-electron chi connectivity index (χ4n) is 17.6. The van der Waals surface area contributed by atoms with Gasteiger partial charge in [-0.2, -0.15) is 0 Å². The van der Waals surface area contributed by atoms with Crippen molar-refractivity contribution in [1.29, 1.82) is 0 Å². The second-order valence-electron chi connectivity index (χ2n) is 22.9. The molecule has 8 rings (SSSR count). The number of methoxy groups -OCH3 is 1. The van der Waals surface area contributed by atoms with Gasteiger partial charge in [0.15, 0.2) is 0 Å². The molecule has 6 unspecified atom stereocenters. The van der Waals surface area contributed by atoms with E-state index in [0.717, 1.165) is 64.2 Å². The highest BCUT2D eigenvalue weighted by molar-refractivity contribution is 5.69. The van der Waals surface area contributed by atoms with Crippen LogP contribution in [0.15, 0.2) is 0 Å². The summed E-state index contributed by atoms with van der Waals surface area (Å²) >= 11 is 0. The van der Waals surface area contributed by atoms with Crippen molar-refractivity contribution in [2.75, 3.05) is 7.11 Å². The molecule has 334 valence electrons. The quantitative estimate of drug-likeness (QED) is 0.153. The summed E-state index contributed by atoms with van der Waals surface area (Å²) in [5.41, 5.74) is 1.10. The summed E-state index contributed by atoms with van der Waals surface area (Å²) in [5, 5.41) is 52.1. The van der Waals surface area contributed by atoms with Crippen molar-refractivity contribution in [2.24, 2.45) is 92.7 Å². The molecule has 8 aliphatic rings. The molecule has 58 heavy (non-hydrogen) atoms. The molecule has 0 bridgehead atoms. The van der Waals surface area contributed by atoms with Crippen molar-refractivity contribution in [1.82, 2.24) is 0 Å². The number of rotatable bonds is 8. The van der Waals surface area contributed by atoms with E-state index in [9.17, 15) is 30.0 Å². The molecule has 8 aliphatic carbocycles. The zero-order chi connectivity index (χ0) is 41.2. The average molecular weight is 815 g/mol. The fraction of sp³-hybridized carbons (Fsp3) is 0.960. The number of carboxylic acids is 1. The second kappa shape index (κ2) is 17.5. The molecule has 5 N–H and O–H groups in total. The molecule has 0 aliphatic heterocycles. The molecule has 0 heterocycles. The number of fused-ring (bicyclic) bond motifs is 10. The Labute approximate surface area is 352 Å². The van der Waals surface area contributed by atoms with Crippen LogP contribution in [0.25, 0.3) is 0 Å². The molecule has 8 fully saturated rings. The first-order valence-electron chi connectivity index (χ1n) is 23.9. The Morgan fingerprint density at radius 1 is 0.569 bits per heavy atom. The van der Waals surface area contributed by atoms with Gasteiger partial charge in [0.05, 0.1) is 31.5 Å². The zero-order valence-corrected chi connectivity index (χ0v) is 36.8. The lowest BCUT2D eigenvalue weighted by atomic mass is 9.43. The molecule has 0 amide bonds. The van der Waals surface area contributed by atoms with Crippen LogP contribution < -0.4 is 0 Å². The number of hydrogen-bond acceptors (Lipinski definition) is 7. The minimum atomic E-state index is -0.684. The molecule has 0 aromatic heterocycles. The number of ether oxygens (including phenoxy) is 1. The number of carbonyl (C=O) groups excluding carboxylic acids is 1. The molecule has 20 atom stereocenters. The van der Waals surface area contributed by atoms with Gasteiger partial charge < -0.3 is 30.3 Å². The molecule has 8 heteroatoms. The predicted octanol–water partition coefficient (Wildman–Crippen LogP) is 9.68. The second-order valence-corrected chi connectivity index (χ2v) is 22.9. The molecular weight excluding hydrogens is 729 g/mol. The fourth-order valence-corrected chi connectivity index (χ4v) is 17.6. The molecule has 8 saturated carbocycles. The number of hydrogen-bond donors (Lipinski definition) is 5. The Balaban J connectivity index is 0.000000192. The van der Waals surface area contributed by atoms with Crippen LogP contribution in [-0.2, 0) is 14.3 Å². The van der Waals surface area contributed by atoms with E-state index < -0.39 is 5.97 Å². The highest BCUT2D eigenvalue weighted by atomic mass is 16.5. The van der Waals surface area contributed by atoms with Gasteiger partial charge in [-0.15, -0.1) is 0 Å². The van der Waals surface area contributed by atoms with E-state index in [1.165, 1.54) is 58.5 Å². The van der Waals surface area contributed by atoms with Crippen molar-refractivity contribution in [3.8, 4) is 0 Å². The van der Waals surface area contributed by atoms with E-state index in [-0.39, 0.29) is 60.5 Å². The van der Waals surface area contributed by atoms with Gasteiger partial charge in [0.2, 0.25) is 0 Å². The summed E-state index contributed by atoms with van der Waals surface area (Å²) in [6.07, 6.45) is 19.0. The number of esters is 1. The van der Waals surface area contributed by atoms with Gasteiger partial charge in [0, 0.05) is 12.8 Å². The zero-order valence-electron chi connectivity index (χ0n) is 36.8. The molecule has 0 saturated heterocycles. The average Bonchev–Trinajstić information content (AvgIpc) is 3.71. The van der Waals surface area contributed by atoms with Crippen molar-refractivity contribution >= 4 is 11.9 Å². The molecule has 0 aromatic rings. The Morgan fingerprint density at radius 2 is 0.948 bits per heavy atom. The highest BCUT2D eigenvalue weighted by Gasteiger charge is 2.64. The van der Waals surface area contributed by atoms with Gasteiger partial charge in [-0.25, -0.2) is 0 Å². The van der Waals surface area contributed by atoms with Crippen molar-refractivity contribution in [2.45, 2.75) is 202 Å². The molecule has 0 spiro atoms. The summed E-state index contributed by atoms with van der Waals surface area (Å²) < 4.78 is 4.86. The van der Waals surface area contributed by atoms with Crippen LogP contribution in [0.3, 0.4) is 0 Å². The van der Waals surface area contributed by atoms with Crippen molar-refractivity contribution < 1.29 is 39.9 Å². The number of carboxylic acid groups (broad SMARTS) is 1. The lowest BCUT2D eigenvalue weighted by Crippen LogP contribution is -2.58. The summed E-state index contributed by atoms with van der Waals surface area (Å²) in [6, 6.07) is 0. The van der Waals surface area contributed by atoms with Crippen LogP contribution >= 0.6 is 0 Å². The van der Waals surface area contributed by atoms with Gasteiger partial charge in [-0.05, 0) is 208 Å². The minimum absolute atomic E-state index is 0. The van der Waals surface area contributed by atoms with E-state index in [1.54, 1.807) is 0 Å². The Bertz CT molecular complexity index is 1440. The van der Waals surface area contributed by atoms with Gasteiger partial charge in [-0.1, -0.05) is 49.0 Å². The summed E-state index contributed by atoms with van der Waals surface area (Å²) in [6.45, 7) is 14.5. The number of aliphatic carboxylic acids is 1. The SMILES string of the molecule is C.COC(=O)CC[C@@H](C)[C@H]1CCC2C3C(CC[C@@]21C)[C@@]1(C)CC[C@@H](O)C[C@H]1C[C@@H]3O.C[C@H](CCC(=O)O)[C@H]1CCC2C3C(CC[C@@]21C)[C@@]1(C)CC[C@@H](O)C[C@H]1C[C@@H]3O. The first-order chi connectivity index (χ1) is 26.9. The number of carbonyl (C=O) groups is 2. The summed E-state index contributed by atoms with van der Waals surface area (Å²) in [5.74, 6) is 5.53. The van der Waals surface area contributed by atoms with E-state index in [1.807, 2.05) is 0 Å². The normalized spacial score (nSPS) is 50.1. The Hall–Kier alpha value is -1.22. The number of aliphatic hydroxyl groups is 4. The van der Waals surface area contributed by atoms with Gasteiger partial charge >= 0.3 is 11.9 Å². The molecule has 0 aromatic carbocycles. The standard InChI is InChI=1S/C25H42O4.C24H40O4.CH4/c1-15(5-8-22(28)29-4)18-6-7-19-23-20(10-12-25(18,19)3)24(2)11-9-17(26)13-16(24)14-21(23)27;1-14(4-7-21(27)28)17-5-6-18-22-19(9-11-24(17,18)3)23(2)10-8-16(25)12-15(23)13-20(22)26;/h15-21,23,26-27H,5-14H2,1-4H3;14-20,22,25-26H,4-13H2,1-3H3,(H,27,28);1H4/t15-,16+,17-,18-,19?,20?,21+,23?,24+,25-;14-,15+,16-,17-,18?,19?,20+,22?,23+,24-;/m11./s1. The summed E-state index contributed by atoms with van der Waals surface area (Å²) in [7, 11) is 1.48. The smallest absolute Gasteiger partial charge is 0.305 e. The third kappa shape index (κ3) is 7.99.